The molecule has 0 spiro atoms. The van der Waals surface area contributed by atoms with Crippen LogP contribution in [0.2, 0.25) is 0 Å². The van der Waals surface area contributed by atoms with Gasteiger partial charge in [0.1, 0.15) is 0 Å². The molecule has 1 aliphatic heterocycles. The third-order valence-corrected chi connectivity index (χ3v) is 3.07. The Morgan fingerprint density at radius 2 is 2.47 bits per heavy atom. The van der Waals surface area contributed by atoms with Crippen molar-refractivity contribution >= 4 is 6.03 Å². The second-order valence-electron chi connectivity index (χ2n) is 4.34. The van der Waals surface area contributed by atoms with E-state index in [1.165, 1.54) is 0 Å². The lowest BCUT2D eigenvalue weighted by molar-refractivity contribution is 0.192. The van der Waals surface area contributed by atoms with Crippen LogP contribution in [0, 0.1) is 0 Å². The van der Waals surface area contributed by atoms with Crippen LogP contribution in [0.1, 0.15) is 37.9 Å². The summed E-state index contributed by atoms with van der Waals surface area (Å²) in [5, 5.41) is 2.93. The molecule has 1 saturated heterocycles. The van der Waals surface area contributed by atoms with Gasteiger partial charge in [0.05, 0.1) is 11.7 Å². The molecule has 2 amide bonds. The van der Waals surface area contributed by atoms with Gasteiger partial charge < -0.3 is 10.2 Å². The Balaban J connectivity index is 2.05. The van der Waals surface area contributed by atoms with Gasteiger partial charge in [-0.05, 0) is 31.4 Å². The Labute approximate surface area is 102 Å². The fourth-order valence-electron chi connectivity index (χ4n) is 2.22. The first-order valence-corrected chi connectivity index (χ1v) is 6.28. The molecule has 1 aromatic rings. The molecule has 1 atom stereocenters. The summed E-state index contributed by atoms with van der Waals surface area (Å²) in [4.78, 5) is 18.2. The summed E-state index contributed by atoms with van der Waals surface area (Å²) in [5.74, 6) is 0. The summed E-state index contributed by atoms with van der Waals surface area (Å²) in [6.45, 7) is 3.63. The lowest BCUT2D eigenvalue weighted by Gasteiger charge is -2.24. The maximum absolute atomic E-state index is 12.0. The molecule has 4 heteroatoms. The Bertz CT molecular complexity index is 366. The zero-order valence-electron chi connectivity index (χ0n) is 10.2. The number of carbonyl (C=O) groups excluding carboxylic acids is 1. The molecule has 1 aromatic heterocycles. The number of likely N-dealkylation sites (tertiary alicyclic amines) is 1. The quantitative estimate of drug-likeness (QED) is 0.871. The van der Waals surface area contributed by atoms with Gasteiger partial charge in [0, 0.05) is 19.3 Å². The van der Waals surface area contributed by atoms with Crippen LogP contribution in [0.5, 0.6) is 0 Å². The molecule has 1 unspecified atom stereocenters. The number of amides is 2. The molecule has 1 aliphatic rings. The molecule has 0 aliphatic carbocycles. The van der Waals surface area contributed by atoms with Crippen molar-refractivity contribution in [2.75, 3.05) is 13.1 Å². The maximum Gasteiger partial charge on any atom is 0.317 e. The normalized spacial score (nSPS) is 19.4. The van der Waals surface area contributed by atoms with E-state index in [4.69, 9.17) is 0 Å². The van der Waals surface area contributed by atoms with Crippen LogP contribution in [-0.2, 0) is 0 Å². The minimum absolute atomic E-state index is 0.0417. The van der Waals surface area contributed by atoms with Crippen molar-refractivity contribution in [2.45, 2.75) is 32.2 Å². The average Bonchev–Trinajstić information content (AvgIpc) is 2.86. The standard InChI is InChI=1S/C13H19N3O/c1-2-8-15-13(17)16-10-5-7-12(16)11-6-3-4-9-14-11/h3-4,6,9,12H,2,5,7-8,10H2,1H3,(H,15,17). The van der Waals surface area contributed by atoms with Gasteiger partial charge in [0.2, 0.25) is 0 Å². The number of nitrogens with one attached hydrogen (secondary N) is 1. The van der Waals surface area contributed by atoms with Crippen molar-refractivity contribution < 1.29 is 4.79 Å². The summed E-state index contributed by atoms with van der Waals surface area (Å²) in [6, 6.07) is 6.06. The number of hydrogen-bond acceptors (Lipinski definition) is 2. The Kier molecular flexibility index (Phi) is 3.96. The largest absolute Gasteiger partial charge is 0.338 e. The molecular formula is C13H19N3O. The van der Waals surface area contributed by atoms with Crippen molar-refractivity contribution in [2.24, 2.45) is 0 Å². The Morgan fingerprint density at radius 1 is 1.59 bits per heavy atom. The van der Waals surface area contributed by atoms with Gasteiger partial charge in [-0.3, -0.25) is 4.98 Å². The zero-order chi connectivity index (χ0) is 12.1. The summed E-state index contributed by atoms with van der Waals surface area (Å²) < 4.78 is 0. The number of carbonyl (C=O) groups is 1. The number of pyridine rings is 1. The molecule has 0 bridgehead atoms. The molecule has 17 heavy (non-hydrogen) atoms. The molecule has 1 N–H and O–H groups in total. The van der Waals surface area contributed by atoms with Crippen LogP contribution < -0.4 is 5.32 Å². The number of urea groups is 1. The number of rotatable bonds is 3. The van der Waals surface area contributed by atoms with Crippen molar-refractivity contribution in [1.29, 1.82) is 0 Å². The van der Waals surface area contributed by atoms with Crippen molar-refractivity contribution in [3.63, 3.8) is 0 Å². The van der Waals surface area contributed by atoms with Crippen LogP contribution in [0.3, 0.4) is 0 Å². The maximum atomic E-state index is 12.0. The molecule has 0 aromatic carbocycles. The highest BCUT2D eigenvalue weighted by Gasteiger charge is 2.30. The third kappa shape index (κ3) is 2.75. The number of aromatic nitrogens is 1. The number of nitrogens with zero attached hydrogens (tertiary/aromatic N) is 2. The van der Waals surface area contributed by atoms with Gasteiger partial charge in [-0.2, -0.15) is 0 Å². The van der Waals surface area contributed by atoms with Crippen LogP contribution in [0.25, 0.3) is 0 Å². The second-order valence-corrected chi connectivity index (χ2v) is 4.34. The predicted octanol–water partition coefficient (Wildman–Crippen LogP) is 2.34. The van der Waals surface area contributed by atoms with E-state index in [9.17, 15) is 4.79 Å². The monoisotopic (exact) mass is 233 g/mol. The van der Waals surface area contributed by atoms with Crippen LogP contribution >= 0.6 is 0 Å². The Hall–Kier alpha value is -1.58. The first kappa shape index (κ1) is 11.9. The molecule has 2 rings (SSSR count). The van der Waals surface area contributed by atoms with Crippen molar-refractivity contribution in [3.05, 3.63) is 30.1 Å². The average molecular weight is 233 g/mol. The van der Waals surface area contributed by atoms with E-state index in [2.05, 4.69) is 17.2 Å². The van der Waals surface area contributed by atoms with E-state index in [0.717, 1.165) is 38.0 Å². The van der Waals surface area contributed by atoms with Gasteiger partial charge in [-0.25, -0.2) is 4.79 Å². The van der Waals surface area contributed by atoms with Crippen molar-refractivity contribution in [1.82, 2.24) is 15.2 Å². The lowest BCUT2D eigenvalue weighted by atomic mass is 10.1. The van der Waals surface area contributed by atoms with Crippen LogP contribution in [-0.4, -0.2) is 29.0 Å². The number of hydrogen-bond donors (Lipinski definition) is 1. The topological polar surface area (TPSA) is 45.2 Å². The highest BCUT2D eigenvalue weighted by atomic mass is 16.2. The fraction of sp³-hybridized carbons (Fsp3) is 0.538. The summed E-state index contributed by atoms with van der Waals surface area (Å²) in [5.41, 5.74) is 0.997. The molecule has 92 valence electrons. The third-order valence-electron chi connectivity index (χ3n) is 3.07. The smallest absolute Gasteiger partial charge is 0.317 e. The van der Waals surface area contributed by atoms with Crippen LogP contribution in [0.4, 0.5) is 4.79 Å². The van der Waals surface area contributed by atoms with Gasteiger partial charge in [-0.1, -0.05) is 13.0 Å². The van der Waals surface area contributed by atoms with E-state index in [-0.39, 0.29) is 12.1 Å². The van der Waals surface area contributed by atoms with Gasteiger partial charge in [0.25, 0.3) is 0 Å². The molecule has 1 fully saturated rings. The summed E-state index contributed by atoms with van der Waals surface area (Å²) in [7, 11) is 0. The zero-order valence-corrected chi connectivity index (χ0v) is 10.2. The van der Waals surface area contributed by atoms with Gasteiger partial charge in [-0.15, -0.1) is 0 Å². The minimum atomic E-state index is 0.0417. The van der Waals surface area contributed by atoms with E-state index in [1.807, 2.05) is 23.1 Å². The first-order valence-electron chi connectivity index (χ1n) is 6.28. The predicted molar refractivity (Wildman–Crippen MR) is 66.6 cm³/mol. The van der Waals surface area contributed by atoms with E-state index >= 15 is 0 Å². The molecule has 4 nitrogen and oxygen atoms in total. The first-order chi connectivity index (χ1) is 8.33. The van der Waals surface area contributed by atoms with Gasteiger partial charge >= 0.3 is 6.03 Å². The molecule has 0 radical (unpaired) electrons. The highest BCUT2D eigenvalue weighted by molar-refractivity contribution is 5.75. The molecular weight excluding hydrogens is 214 g/mol. The van der Waals surface area contributed by atoms with Crippen LogP contribution in [0.15, 0.2) is 24.4 Å². The SMILES string of the molecule is CCCNC(=O)N1CCCC1c1ccccn1. The van der Waals surface area contributed by atoms with Gasteiger partial charge in [0.15, 0.2) is 0 Å². The lowest BCUT2D eigenvalue weighted by Crippen LogP contribution is -2.39. The molecule has 0 saturated carbocycles. The highest BCUT2D eigenvalue weighted by Crippen LogP contribution is 2.30. The summed E-state index contributed by atoms with van der Waals surface area (Å²) in [6.07, 6.45) is 4.82. The summed E-state index contributed by atoms with van der Waals surface area (Å²) >= 11 is 0. The van der Waals surface area contributed by atoms with E-state index in [0.29, 0.717) is 0 Å². The fourth-order valence-corrected chi connectivity index (χ4v) is 2.22. The van der Waals surface area contributed by atoms with E-state index in [1.54, 1.807) is 6.20 Å². The second kappa shape index (κ2) is 5.66. The molecule has 2 heterocycles. The van der Waals surface area contributed by atoms with E-state index < -0.39 is 0 Å². The van der Waals surface area contributed by atoms with Crippen molar-refractivity contribution in [3.8, 4) is 0 Å². The Morgan fingerprint density at radius 3 is 3.18 bits per heavy atom. The minimum Gasteiger partial charge on any atom is -0.338 e.